The molecule has 134 valence electrons. The quantitative estimate of drug-likeness (QED) is 0.318. The average molecular weight is 389 g/mol. The fourth-order valence-electron chi connectivity index (χ4n) is 2.13. The van der Waals surface area contributed by atoms with E-state index in [0.717, 1.165) is 32.1 Å². The van der Waals surface area contributed by atoms with Gasteiger partial charge in [0.15, 0.2) is 0 Å². The van der Waals surface area contributed by atoms with Gasteiger partial charge in [0.25, 0.3) is 0 Å². The van der Waals surface area contributed by atoms with E-state index in [9.17, 15) is 9.90 Å². The zero-order valence-electron chi connectivity index (χ0n) is 15.5. The van der Waals surface area contributed by atoms with Crippen LogP contribution in [-0.2, 0) is 9.53 Å². The van der Waals surface area contributed by atoms with Gasteiger partial charge in [0.1, 0.15) is 0 Å². The van der Waals surface area contributed by atoms with Crippen molar-refractivity contribution in [3.05, 3.63) is 23.3 Å². The normalized spacial score (nSPS) is 16.2. The van der Waals surface area contributed by atoms with Crippen molar-refractivity contribution >= 4 is 21.9 Å². The van der Waals surface area contributed by atoms with Crippen molar-refractivity contribution in [3.8, 4) is 0 Å². The van der Waals surface area contributed by atoms with Crippen molar-refractivity contribution in [2.45, 2.75) is 77.2 Å². The Balaban J connectivity index is 4.13. The largest absolute Gasteiger partial charge is 0.469 e. The molecule has 0 fully saturated rings. The van der Waals surface area contributed by atoms with Gasteiger partial charge in [0.2, 0.25) is 0 Å². The van der Waals surface area contributed by atoms with Crippen molar-refractivity contribution in [2.75, 3.05) is 7.11 Å². The predicted octanol–water partition coefficient (Wildman–Crippen LogP) is 5.17. The van der Waals surface area contributed by atoms with Gasteiger partial charge in [-0.15, -0.1) is 0 Å². The van der Waals surface area contributed by atoms with Gasteiger partial charge in [0.05, 0.1) is 18.6 Å². The lowest BCUT2D eigenvalue weighted by molar-refractivity contribution is -0.144. The summed E-state index contributed by atoms with van der Waals surface area (Å²) in [6.45, 7) is 9.79. The lowest BCUT2D eigenvalue weighted by atomic mass is 9.98. The van der Waals surface area contributed by atoms with E-state index in [2.05, 4.69) is 41.9 Å². The molecule has 0 radical (unpaired) electrons. The third-order valence-electron chi connectivity index (χ3n) is 4.01. The van der Waals surface area contributed by atoms with E-state index in [1.807, 2.05) is 20.8 Å². The van der Waals surface area contributed by atoms with Crippen molar-refractivity contribution in [2.24, 2.45) is 5.92 Å². The fourth-order valence-corrected chi connectivity index (χ4v) is 2.36. The predicted molar refractivity (Wildman–Crippen MR) is 101 cm³/mol. The Hall–Kier alpha value is -0.610. The van der Waals surface area contributed by atoms with Gasteiger partial charge in [-0.3, -0.25) is 4.79 Å². The number of rotatable bonds is 10. The molecule has 0 spiro atoms. The summed E-state index contributed by atoms with van der Waals surface area (Å²) in [4.78, 5) is 11.5. The Kier molecular flexibility index (Phi) is 10.7. The molecule has 0 aliphatic rings. The van der Waals surface area contributed by atoms with Crippen LogP contribution in [0.4, 0.5) is 0 Å². The molecule has 2 atom stereocenters. The number of carbonyl (C=O) groups is 1. The van der Waals surface area contributed by atoms with Crippen LogP contribution in [0.25, 0.3) is 0 Å². The molecule has 4 heteroatoms. The van der Waals surface area contributed by atoms with Crippen LogP contribution in [0.2, 0.25) is 0 Å². The highest BCUT2D eigenvalue weighted by Crippen LogP contribution is 2.24. The molecule has 0 amide bonds. The Morgan fingerprint density at radius 2 is 1.78 bits per heavy atom. The van der Waals surface area contributed by atoms with Crippen LogP contribution in [0.5, 0.6) is 0 Å². The van der Waals surface area contributed by atoms with E-state index in [1.165, 1.54) is 18.3 Å². The summed E-state index contributed by atoms with van der Waals surface area (Å²) in [6, 6.07) is 0. The van der Waals surface area contributed by atoms with E-state index in [1.54, 1.807) is 0 Å². The first-order valence-electron chi connectivity index (χ1n) is 8.33. The van der Waals surface area contributed by atoms with Crippen LogP contribution < -0.4 is 0 Å². The summed E-state index contributed by atoms with van der Waals surface area (Å²) < 4.78 is 4.73. The Labute approximate surface area is 150 Å². The van der Waals surface area contributed by atoms with Crippen LogP contribution in [-0.4, -0.2) is 28.6 Å². The molecule has 0 aromatic heterocycles. The second-order valence-electron chi connectivity index (χ2n) is 6.96. The van der Waals surface area contributed by atoms with Crippen molar-refractivity contribution < 1.29 is 14.6 Å². The maximum Gasteiger partial charge on any atom is 0.308 e. The number of hydrogen-bond acceptors (Lipinski definition) is 3. The van der Waals surface area contributed by atoms with Gasteiger partial charge < -0.3 is 9.84 Å². The molecule has 1 N–H and O–H groups in total. The topological polar surface area (TPSA) is 46.5 Å². The molecule has 0 bridgehead atoms. The minimum absolute atomic E-state index is 0.0788. The number of esters is 1. The lowest BCUT2D eigenvalue weighted by Crippen LogP contribution is -2.31. The minimum Gasteiger partial charge on any atom is -0.469 e. The van der Waals surface area contributed by atoms with Gasteiger partial charge in [-0.05, 0) is 59.8 Å². The van der Waals surface area contributed by atoms with Crippen molar-refractivity contribution in [1.82, 2.24) is 0 Å². The second kappa shape index (κ2) is 11.0. The number of aliphatic hydroxyl groups is 1. The van der Waals surface area contributed by atoms with E-state index >= 15 is 0 Å². The summed E-state index contributed by atoms with van der Waals surface area (Å²) in [6.07, 6.45) is 9.07. The Bertz CT molecular complexity index is 419. The second-order valence-corrected chi connectivity index (χ2v) is 8.06. The van der Waals surface area contributed by atoms with Crippen LogP contribution in [0.1, 0.15) is 66.7 Å². The first-order chi connectivity index (χ1) is 10.6. The molecule has 23 heavy (non-hydrogen) atoms. The zero-order valence-corrected chi connectivity index (χ0v) is 17.1. The fraction of sp³-hybridized carbons (Fsp3) is 0.737. The summed E-state index contributed by atoms with van der Waals surface area (Å²) in [5.74, 6) is -0.231. The number of carbonyl (C=O) groups excluding carboxylic acids is 1. The molecule has 0 rings (SSSR count). The van der Waals surface area contributed by atoms with Crippen LogP contribution in [0, 0.1) is 5.92 Å². The number of hydrogen-bond donors (Lipinski definition) is 1. The van der Waals surface area contributed by atoms with Gasteiger partial charge in [0, 0.05) is 4.83 Å². The van der Waals surface area contributed by atoms with Crippen molar-refractivity contribution in [1.29, 1.82) is 0 Å². The third-order valence-corrected chi connectivity index (χ3v) is 5.59. The van der Waals surface area contributed by atoms with Gasteiger partial charge in [-0.2, -0.15) is 0 Å². The Morgan fingerprint density at radius 1 is 1.22 bits per heavy atom. The number of ether oxygens (including phenoxy) is 1. The molecule has 0 aliphatic carbocycles. The van der Waals surface area contributed by atoms with Gasteiger partial charge in [-0.25, -0.2) is 0 Å². The highest BCUT2D eigenvalue weighted by Gasteiger charge is 2.23. The lowest BCUT2D eigenvalue weighted by Gasteiger charge is -2.24. The highest BCUT2D eigenvalue weighted by molar-refractivity contribution is 9.09. The zero-order chi connectivity index (χ0) is 18.0. The van der Waals surface area contributed by atoms with Gasteiger partial charge >= 0.3 is 5.97 Å². The molecule has 0 heterocycles. The minimum atomic E-state index is -0.685. The first-order valence-corrected chi connectivity index (χ1v) is 9.25. The summed E-state index contributed by atoms with van der Waals surface area (Å²) in [5, 5.41) is 9.90. The highest BCUT2D eigenvalue weighted by atomic mass is 79.9. The average Bonchev–Trinajstić information content (AvgIpc) is 2.48. The molecule has 0 saturated heterocycles. The number of allylic oxidation sites excluding steroid dienone is 4. The first kappa shape index (κ1) is 22.4. The molecule has 3 nitrogen and oxygen atoms in total. The van der Waals surface area contributed by atoms with E-state index in [-0.39, 0.29) is 16.7 Å². The van der Waals surface area contributed by atoms with Crippen LogP contribution >= 0.6 is 15.9 Å². The maximum atomic E-state index is 11.3. The van der Waals surface area contributed by atoms with Crippen LogP contribution in [0.15, 0.2) is 23.3 Å². The molecular formula is C19H33BrO3. The molecule has 0 aromatic carbocycles. The standard InChI is InChI=1S/C19H33BrO3/c1-14(10-12-16(3)18(21)23-6)8-7-9-15(2)11-13-17(20)19(4,5)22/h9-10,16-17,22H,7-8,11-13H2,1-6H3/b14-10+,15-9+. The molecule has 0 saturated carbocycles. The smallest absolute Gasteiger partial charge is 0.308 e. The molecule has 2 unspecified atom stereocenters. The van der Waals surface area contributed by atoms with E-state index < -0.39 is 5.60 Å². The van der Waals surface area contributed by atoms with Crippen molar-refractivity contribution in [3.63, 3.8) is 0 Å². The monoisotopic (exact) mass is 388 g/mol. The van der Waals surface area contributed by atoms with Crippen LogP contribution in [0.3, 0.4) is 0 Å². The van der Waals surface area contributed by atoms with Gasteiger partial charge in [-0.1, -0.05) is 46.2 Å². The SMILES string of the molecule is COC(=O)C(C)C/C=C(\C)CC/C=C(\C)CCC(Br)C(C)(C)O. The summed E-state index contributed by atoms with van der Waals surface area (Å²) in [7, 11) is 1.43. The molecule has 0 aliphatic heterocycles. The Morgan fingerprint density at radius 3 is 2.30 bits per heavy atom. The summed E-state index contributed by atoms with van der Waals surface area (Å²) >= 11 is 3.55. The molecular weight excluding hydrogens is 356 g/mol. The van der Waals surface area contributed by atoms with E-state index in [4.69, 9.17) is 4.74 Å². The number of halogens is 1. The maximum absolute atomic E-state index is 11.3. The summed E-state index contributed by atoms with van der Waals surface area (Å²) in [5.41, 5.74) is 1.98. The van der Waals surface area contributed by atoms with E-state index in [0.29, 0.717) is 0 Å². The number of methoxy groups -OCH3 is 1. The molecule has 0 aromatic rings. The number of alkyl halides is 1. The third kappa shape index (κ3) is 10.7.